The number of amides is 1. The van der Waals surface area contributed by atoms with Crippen molar-refractivity contribution in [3.63, 3.8) is 0 Å². The molecule has 0 radical (unpaired) electrons. The largest absolute Gasteiger partial charge is 0.477 e. The van der Waals surface area contributed by atoms with E-state index in [0.717, 1.165) is 19.4 Å². The maximum atomic E-state index is 11.9. The zero-order valence-corrected chi connectivity index (χ0v) is 14.7. The van der Waals surface area contributed by atoms with Gasteiger partial charge in [0, 0.05) is 18.2 Å². The number of benzene rings is 1. The Kier molecular flexibility index (Phi) is 7.15. The van der Waals surface area contributed by atoms with E-state index in [1.54, 1.807) is 12.1 Å². The van der Waals surface area contributed by atoms with Gasteiger partial charge in [-0.05, 0) is 38.0 Å². The Morgan fingerprint density at radius 1 is 1.42 bits per heavy atom. The van der Waals surface area contributed by atoms with E-state index in [2.05, 4.69) is 5.32 Å². The summed E-state index contributed by atoms with van der Waals surface area (Å²) in [7, 11) is 0. The second-order valence-electron chi connectivity index (χ2n) is 5.38. The summed E-state index contributed by atoms with van der Waals surface area (Å²) < 4.78 is 15.7. The molecule has 2 atom stereocenters. The summed E-state index contributed by atoms with van der Waals surface area (Å²) in [5.41, 5.74) is 0. The fourth-order valence-corrected chi connectivity index (χ4v) is 2.60. The summed E-state index contributed by atoms with van der Waals surface area (Å²) >= 11 is 11.8. The Hall–Kier alpha value is -1.50. The minimum absolute atomic E-state index is 0.0407. The number of carbonyl (C=O) groups excluding carboxylic acids is 2. The first-order valence-electron chi connectivity index (χ1n) is 7.62. The van der Waals surface area contributed by atoms with E-state index < -0.39 is 12.1 Å². The Labute approximate surface area is 150 Å². The molecular formula is C16H19Cl2NO5. The first kappa shape index (κ1) is 18.8. The molecule has 1 N–H and O–H groups in total. The summed E-state index contributed by atoms with van der Waals surface area (Å²) in [6.07, 6.45) is 1.05. The van der Waals surface area contributed by atoms with Crippen molar-refractivity contribution < 1.29 is 23.8 Å². The van der Waals surface area contributed by atoms with Crippen molar-refractivity contribution in [3.8, 4) is 5.75 Å². The van der Waals surface area contributed by atoms with E-state index in [1.807, 2.05) is 0 Å². The van der Waals surface area contributed by atoms with Crippen molar-refractivity contribution >= 4 is 35.1 Å². The molecule has 1 aromatic carbocycles. The summed E-state index contributed by atoms with van der Waals surface area (Å²) in [6.45, 7) is 2.28. The number of hydrogen-bond acceptors (Lipinski definition) is 5. The number of esters is 1. The molecular weight excluding hydrogens is 357 g/mol. The highest BCUT2D eigenvalue weighted by molar-refractivity contribution is 6.35. The van der Waals surface area contributed by atoms with Crippen molar-refractivity contribution in [1.29, 1.82) is 0 Å². The van der Waals surface area contributed by atoms with Crippen LogP contribution in [0.4, 0.5) is 0 Å². The molecule has 2 rings (SSSR count). The van der Waals surface area contributed by atoms with Gasteiger partial charge in [-0.15, -0.1) is 0 Å². The van der Waals surface area contributed by atoms with Crippen LogP contribution >= 0.6 is 23.2 Å². The van der Waals surface area contributed by atoms with Gasteiger partial charge in [0.05, 0.1) is 11.1 Å². The van der Waals surface area contributed by atoms with Crippen LogP contribution in [0, 0.1) is 0 Å². The Morgan fingerprint density at radius 3 is 2.88 bits per heavy atom. The second-order valence-corrected chi connectivity index (χ2v) is 6.23. The number of rotatable bonds is 7. The van der Waals surface area contributed by atoms with Gasteiger partial charge >= 0.3 is 5.97 Å². The summed E-state index contributed by atoms with van der Waals surface area (Å²) in [5.74, 6) is -0.725. The third-order valence-electron chi connectivity index (χ3n) is 3.43. The van der Waals surface area contributed by atoms with Gasteiger partial charge < -0.3 is 19.5 Å². The molecule has 1 amide bonds. The highest BCUT2D eigenvalue weighted by atomic mass is 35.5. The standard InChI is InChI=1S/C16H19Cl2NO5/c1-10(24-14-5-4-11(17)7-13(14)18)16(21)23-9-15(20)19-8-12-3-2-6-22-12/h4-5,7,10,12H,2-3,6,8-9H2,1H3,(H,19,20)/t10-,12-/m0/s1. The van der Waals surface area contributed by atoms with Gasteiger partial charge in [-0.2, -0.15) is 0 Å². The third-order valence-corrected chi connectivity index (χ3v) is 3.96. The molecule has 132 valence electrons. The smallest absolute Gasteiger partial charge is 0.347 e. The maximum Gasteiger partial charge on any atom is 0.347 e. The lowest BCUT2D eigenvalue weighted by atomic mass is 10.2. The molecule has 1 aliphatic rings. The van der Waals surface area contributed by atoms with Crippen molar-refractivity contribution in [2.75, 3.05) is 19.8 Å². The Morgan fingerprint density at radius 2 is 2.21 bits per heavy atom. The average Bonchev–Trinajstić information content (AvgIpc) is 3.06. The lowest BCUT2D eigenvalue weighted by Gasteiger charge is -2.15. The molecule has 0 aliphatic carbocycles. The number of carbonyl (C=O) groups is 2. The number of ether oxygens (including phenoxy) is 3. The van der Waals surface area contributed by atoms with Crippen molar-refractivity contribution in [3.05, 3.63) is 28.2 Å². The molecule has 0 unspecified atom stereocenters. The molecule has 1 aliphatic heterocycles. The van der Waals surface area contributed by atoms with Gasteiger partial charge in [-0.25, -0.2) is 4.79 Å². The minimum atomic E-state index is -0.908. The average molecular weight is 376 g/mol. The quantitative estimate of drug-likeness (QED) is 0.741. The summed E-state index contributed by atoms with van der Waals surface area (Å²) in [5, 5.41) is 3.42. The fourth-order valence-electron chi connectivity index (χ4n) is 2.15. The van der Waals surface area contributed by atoms with E-state index in [9.17, 15) is 9.59 Å². The molecule has 0 aromatic heterocycles. The van der Waals surface area contributed by atoms with Crippen molar-refractivity contribution in [1.82, 2.24) is 5.32 Å². The van der Waals surface area contributed by atoms with Crippen LogP contribution in [0.15, 0.2) is 18.2 Å². The zero-order chi connectivity index (χ0) is 17.5. The third kappa shape index (κ3) is 5.85. The van der Waals surface area contributed by atoms with Crippen LogP contribution in [0.3, 0.4) is 0 Å². The highest BCUT2D eigenvalue weighted by Crippen LogP contribution is 2.28. The summed E-state index contributed by atoms with van der Waals surface area (Å²) in [4.78, 5) is 23.5. The van der Waals surface area contributed by atoms with Crippen LogP contribution in [0.2, 0.25) is 10.0 Å². The van der Waals surface area contributed by atoms with E-state index >= 15 is 0 Å². The summed E-state index contributed by atoms with van der Waals surface area (Å²) in [6, 6.07) is 4.66. The van der Waals surface area contributed by atoms with Gasteiger partial charge in [-0.3, -0.25) is 4.79 Å². The van der Waals surface area contributed by atoms with Gasteiger partial charge in [0.1, 0.15) is 5.75 Å². The SMILES string of the molecule is C[C@H](Oc1ccc(Cl)cc1Cl)C(=O)OCC(=O)NC[C@@H]1CCCO1. The lowest BCUT2D eigenvalue weighted by Crippen LogP contribution is -2.36. The van der Waals surface area contributed by atoms with E-state index in [-0.39, 0.29) is 23.6 Å². The molecule has 0 spiro atoms. The first-order valence-corrected chi connectivity index (χ1v) is 8.38. The molecule has 0 saturated carbocycles. The van der Waals surface area contributed by atoms with Gasteiger partial charge in [0.2, 0.25) is 0 Å². The van der Waals surface area contributed by atoms with Gasteiger partial charge in [-0.1, -0.05) is 23.2 Å². The molecule has 0 bridgehead atoms. The number of hydrogen-bond donors (Lipinski definition) is 1. The van der Waals surface area contributed by atoms with Crippen LogP contribution in [-0.2, 0) is 19.1 Å². The normalized spacial score (nSPS) is 18.0. The van der Waals surface area contributed by atoms with Crippen LogP contribution in [0.5, 0.6) is 5.75 Å². The number of nitrogens with one attached hydrogen (secondary N) is 1. The molecule has 1 aromatic rings. The maximum absolute atomic E-state index is 11.9. The molecule has 1 fully saturated rings. The first-order chi connectivity index (χ1) is 11.5. The van der Waals surface area contributed by atoms with Crippen molar-refractivity contribution in [2.45, 2.75) is 32.0 Å². The van der Waals surface area contributed by atoms with Crippen LogP contribution < -0.4 is 10.1 Å². The molecule has 8 heteroatoms. The highest BCUT2D eigenvalue weighted by Gasteiger charge is 2.20. The van der Waals surface area contributed by atoms with Crippen molar-refractivity contribution in [2.24, 2.45) is 0 Å². The van der Waals surface area contributed by atoms with Gasteiger partial charge in [0.15, 0.2) is 12.7 Å². The van der Waals surface area contributed by atoms with E-state index in [0.29, 0.717) is 17.3 Å². The molecule has 1 saturated heterocycles. The molecule has 24 heavy (non-hydrogen) atoms. The predicted octanol–water partition coefficient (Wildman–Crippen LogP) is 2.60. The Bertz CT molecular complexity index is 590. The van der Waals surface area contributed by atoms with Crippen LogP contribution in [0.25, 0.3) is 0 Å². The monoisotopic (exact) mass is 375 g/mol. The fraction of sp³-hybridized carbons (Fsp3) is 0.500. The van der Waals surface area contributed by atoms with E-state index in [1.165, 1.54) is 13.0 Å². The molecule has 6 nitrogen and oxygen atoms in total. The number of halogens is 2. The lowest BCUT2D eigenvalue weighted by molar-refractivity contribution is -0.154. The van der Waals surface area contributed by atoms with E-state index in [4.69, 9.17) is 37.4 Å². The van der Waals surface area contributed by atoms with Crippen LogP contribution in [0.1, 0.15) is 19.8 Å². The Balaban J connectivity index is 1.71. The topological polar surface area (TPSA) is 73.9 Å². The van der Waals surface area contributed by atoms with Crippen LogP contribution in [-0.4, -0.2) is 43.8 Å². The van der Waals surface area contributed by atoms with Gasteiger partial charge in [0.25, 0.3) is 5.91 Å². The second kappa shape index (κ2) is 9.11. The molecule has 1 heterocycles. The minimum Gasteiger partial charge on any atom is -0.477 e. The predicted molar refractivity (Wildman–Crippen MR) is 89.5 cm³/mol. The zero-order valence-electron chi connectivity index (χ0n) is 13.2.